The quantitative estimate of drug-likeness (QED) is 0.898. The summed E-state index contributed by atoms with van der Waals surface area (Å²) in [5.74, 6) is -2.78. The third-order valence-electron chi connectivity index (χ3n) is 3.50. The van der Waals surface area contributed by atoms with Gasteiger partial charge in [-0.25, -0.2) is 9.78 Å². The molecule has 0 aromatic carbocycles. The molecule has 0 saturated heterocycles. The first-order valence-corrected chi connectivity index (χ1v) is 6.06. The standard InChI is InChI=1S/C12H14F3NO3/c1-6-9(11(17)18)16-10(19-6)7-3-2-4-8(5-7)12(13,14)15/h7-8H,2-5H2,1H3,(H,17,18). The summed E-state index contributed by atoms with van der Waals surface area (Å²) in [6, 6.07) is 0. The number of halogens is 3. The summed E-state index contributed by atoms with van der Waals surface area (Å²) in [6.45, 7) is 1.45. The second-order valence-corrected chi connectivity index (χ2v) is 4.86. The maximum atomic E-state index is 12.7. The molecule has 0 radical (unpaired) electrons. The Morgan fingerprint density at radius 1 is 1.42 bits per heavy atom. The van der Waals surface area contributed by atoms with Crippen molar-refractivity contribution in [1.29, 1.82) is 0 Å². The molecule has 1 N–H and O–H groups in total. The molecule has 2 unspecified atom stereocenters. The van der Waals surface area contributed by atoms with Crippen molar-refractivity contribution in [3.63, 3.8) is 0 Å². The van der Waals surface area contributed by atoms with E-state index in [-0.39, 0.29) is 30.2 Å². The molecule has 1 heterocycles. The summed E-state index contributed by atoms with van der Waals surface area (Å²) >= 11 is 0. The van der Waals surface area contributed by atoms with Gasteiger partial charge in [0, 0.05) is 5.92 Å². The van der Waals surface area contributed by atoms with Gasteiger partial charge in [-0.15, -0.1) is 0 Å². The van der Waals surface area contributed by atoms with E-state index in [4.69, 9.17) is 9.52 Å². The lowest BCUT2D eigenvalue weighted by molar-refractivity contribution is -0.183. The van der Waals surface area contributed by atoms with E-state index in [1.165, 1.54) is 6.92 Å². The van der Waals surface area contributed by atoms with Crippen molar-refractivity contribution in [3.8, 4) is 0 Å². The van der Waals surface area contributed by atoms with Gasteiger partial charge in [0.25, 0.3) is 0 Å². The number of hydrogen-bond donors (Lipinski definition) is 1. The van der Waals surface area contributed by atoms with E-state index in [0.29, 0.717) is 12.8 Å². The first-order valence-electron chi connectivity index (χ1n) is 6.06. The fraction of sp³-hybridized carbons (Fsp3) is 0.667. The van der Waals surface area contributed by atoms with Crippen LogP contribution in [0.3, 0.4) is 0 Å². The van der Waals surface area contributed by atoms with Gasteiger partial charge in [-0.05, 0) is 26.2 Å². The fourth-order valence-corrected chi connectivity index (χ4v) is 2.50. The molecule has 19 heavy (non-hydrogen) atoms. The van der Waals surface area contributed by atoms with Gasteiger partial charge in [-0.1, -0.05) is 6.42 Å². The molecule has 0 aliphatic heterocycles. The molecular weight excluding hydrogens is 263 g/mol. The van der Waals surface area contributed by atoms with Crippen LogP contribution in [0.25, 0.3) is 0 Å². The highest BCUT2D eigenvalue weighted by Gasteiger charge is 2.43. The maximum absolute atomic E-state index is 12.7. The van der Waals surface area contributed by atoms with Crippen LogP contribution in [0.15, 0.2) is 4.42 Å². The van der Waals surface area contributed by atoms with Crippen LogP contribution in [0.5, 0.6) is 0 Å². The zero-order chi connectivity index (χ0) is 14.2. The summed E-state index contributed by atoms with van der Waals surface area (Å²) in [4.78, 5) is 14.7. The first-order chi connectivity index (χ1) is 8.79. The monoisotopic (exact) mass is 277 g/mol. The van der Waals surface area contributed by atoms with Gasteiger partial charge in [0.05, 0.1) is 5.92 Å². The Bertz CT molecular complexity index is 481. The number of carbonyl (C=O) groups is 1. The van der Waals surface area contributed by atoms with Crippen molar-refractivity contribution in [2.75, 3.05) is 0 Å². The van der Waals surface area contributed by atoms with Gasteiger partial charge in [-0.3, -0.25) is 0 Å². The Balaban J connectivity index is 2.18. The molecule has 0 bridgehead atoms. The van der Waals surface area contributed by atoms with E-state index in [9.17, 15) is 18.0 Å². The van der Waals surface area contributed by atoms with E-state index in [2.05, 4.69) is 4.98 Å². The van der Waals surface area contributed by atoms with Crippen LogP contribution in [-0.4, -0.2) is 22.2 Å². The van der Waals surface area contributed by atoms with Crippen LogP contribution in [0.4, 0.5) is 13.2 Å². The van der Waals surface area contributed by atoms with E-state index in [1.807, 2.05) is 0 Å². The average molecular weight is 277 g/mol. The molecule has 106 valence electrons. The summed E-state index contributed by atoms with van der Waals surface area (Å²) in [7, 11) is 0. The van der Waals surface area contributed by atoms with Crippen molar-refractivity contribution in [2.45, 2.75) is 44.7 Å². The Morgan fingerprint density at radius 3 is 2.63 bits per heavy atom. The molecule has 1 saturated carbocycles. The molecule has 1 fully saturated rings. The van der Waals surface area contributed by atoms with Gasteiger partial charge in [0.1, 0.15) is 5.76 Å². The van der Waals surface area contributed by atoms with Crippen molar-refractivity contribution in [1.82, 2.24) is 4.98 Å². The predicted octanol–water partition coefficient (Wildman–Crippen LogP) is 3.52. The number of hydrogen-bond acceptors (Lipinski definition) is 3. The highest BCUT2D eigenvalue weighted by atomic mass is 19.4. The Kier molecular flexibility index (Phi) is 3.56. The van der Waals surface area contributed by atoms with E-state index >= 15 is 0 Å². The van der Waals surface area contributed by atoms with Gasteiger partial charge >= 0.3 is 12.1 Å². The lowest BCUT2D eigenvalue weighted by atomic mass is 9.81. The van der Waals surface area contributed by atoms with Crippen molar-refractivity contribution in [2.24, 2.45) is 5.92 Å². The number of aryl methyl sites for hydroxylation is 1. The molecular formula is C12H14F3NO3. The second kappa shape index (κ2) is 4.86. The zero-order valence-corrected chi connectivity index (χ0v) is 10.3. The molecule has 1 aliphatic carbocycles. The molecule has 4 nitrogen and oxygen atoms in total. The minimum atomic E-state index is -4.21. The lowest BCUT2D eigenvalue weighted by Crippen LogP contribution is -2.28. The second-order valence-electron chi connectivity index (χ2n) is 4.86. The van der Waals surface area contributed by atoms with Crippen LogP contribution in [-0.2, 0) is 0 Å². The molecule has 1 aromatic heterocycles. The van der Waals surface area contributed by atoms with E-state index < -0.39 is 24.0 Å². The third kappa shape index (κ3) is 2.90. The largest absolute Gasteiger partial charge is 0.476 e. The number of oxazole rings is 1. The number of nitrogens with zero attached hydrogens (tertiary/aromatic N) is 1. The lowest BCUT2D eigenvalue weighted by Gasteiger charge is -2.28. The summed E-state index contributed by atoms with van der Waals surface area (Å²) in [5, 5.41) is 8.86. The van der Waals surface area contributed by atoms with Gasteiger partial charge in [0.15, 0.2) is 11.6 Å². The highest BCUT2D eigenvalue weighted by molar-refractivity contribution is 5.86. The smallest absolute Gasteiger partial charge is 0.391 e. The summed E-state index contributed by atoms with van der Waals surface area (Å²) in [6.07, 6.45) is -3.19. The number of rotatable bonds is 2. The third-order valence-corrected chi connectivity index (χ3v) is 3.50. The summed E-state index contributed by atoms with van der Waals surface area (Å²) in [5.41, 5.74) is -0.218. The number of carboxylic acid groups (broad SMARTS) is 1. The van der Waals surface area contributed by atoms with Gasteiger partial charge in [0.2, 0.25) is 0 Å². The van der Waals surface area contributed by atoms with Gasteiger partial charge in [-0.2, -0.15) is 13.2 Å². The van der Waals surface area contributed by atoms with E-state index in [0.717, 1.165) is 0 Å². The SMILES string of the molecule is Cc1oc(C2CCCC(C(F)(F)F)C2)nc1C(=O)O. The van der Waals surface area contributed by atoms with Crippen LogP contribution >= 0.6 is 0 Å². The molecule has 2 rings (SSSR count). The predicted molar refractivity (Wildman–Crippen MR) is 59.0 cm³/mol. The molecule has 7 heteroatoms. The molecule has 1 aromatic rings. The average Bonchev–Trinajstić information content (AvgIpc) is 2.70. The Morgan fingerprint density at radius 2 is 2.11 bits per heavy atom. The molecule has 0 spiro atoms. The Labute approximate surface area is 107 Å². The number of aromatic carboxylic acids is 1. The number of carboxylic acids is 1. The van der Waals surface area contributed by atoms with Crippen LogP contribution in [0, 0.1) is 12.8 Å². The molecule has 0 amide bonds. The van der Waals surface area contributed by atoms with Crippen LogP contribution < -0.4 is 0 Å². The fourth-order valence-electron chi connectivity index (χ4n) is 2.50. The van der Waals surface area contributed by atoms with Crippen molar-refractivity contribution >= 4 is 5.97 Å². The molecule has 2 atom stereocenters. The highest BCUT2D eigenvalue weighted by Crippen LogP contribution is 2.43. The minimum absolute atomic E-state index is 0.0808. The Hall–Kier alpha value is -1.53. The van der Waals surface area contributed by atoms with E-state index in [1.54, 1.807) is 0 Å². The van der Waals surface area contributed by atoms with Gasteiger partial charge < -0.3 is 9.52 Å². The topological polar surface area (TPSA) is 63.3 Å². The maximum Gasteiger partial charge on any atom is 0.391 e. The molecule has 1 aliphatic rings. The number of alkyl halides is 3. The zero-order valence-electron chi connectivity index (χ0n) is 10.3. The first kappa shape index (κ1) is 13.9. The van der Waals surface area contributed by atoms with Crippen LogP contribution in [0.1, 0.15) is 53.7 Å². The normalized spacial score (nSPS) is 24.4. The minimum Gasteiger partial charge on any atom is -0.476 e. The van der Waals surface area contributed by atoms with Crippen LogP contribution in [0.2, 0.25) is 0 Å². The number of aromatic nitrogens is 1. The summed E-state index contributed by atoms with van der Waals surface area (Å²) < 4.78 is 43.3. The van der Waals surface area contributed by atoms with Crippen molar-refractivity contribution in [3.05, 3.63) is 17.3 Å². The van der Waals surface area contributed by atoms with Crippen molar-refractivity contribution < 1.29 is 27.5 Å².